The summed E-state index contributed by atoms with van der Waals surface area (Å²) in [6.07, 6.45) is 3.01. The van der Waals surface area contributed by atoms with Crippen LogP contribution in [-0.4, -0.2) is 42.1 Å². The summed E-state index contributed by atoms with van der Waals surface area (Å²) < 4.78 is 26.3. The highest BCUT2D eigenvalue weighted by Crippen LogP contribution is 2.18. The monoisotopic (exact) mass is 395 g/mol. The quantitative estimate of drug-likeness (QED) is 0.734. The molecule has 1 amide bonds. The molecule has 1 aliphatic rings. The number of carbonyl (C=O) groups is 1. The molecule has 2 aromatic carbocycles. The van der Waals surface area contributed by atoms with E-state index >= 15 is 0 Å². The maximum atomic E-state index is 13.3. The molecule has 4 rings (SSSR count). The van der Waals surface area contributed by atoms with Crippen LogP contribution in [0.15, 0.2) is 60.9 Å². The molecule has 1 aliphatic heterocycles. The van der Waals surface area contributed by atoms with Crippen LogP contribution < -0.4 is 15.1 Å². The number of nitrogens with zero attached hydrogens (tertiary/aromatic N) is 4. The van der Waals surface area contributed by atoms with Crippen molar-refractivity contribution in [1.82, 2.24) is 9.97 Å². The Bertz CT molecular complexity index is 990. The summed E-state index contributed by atoms with van der Waals surface area (Å²) in [5.41, 5.74) is 1.60. The van der Waals surface area contributed by atoms with Crippen LogP contribution in [0.4, 0.5) is 26.1 Å². The van der Waals surface area contributed by atoms with Gasteiger partial charge in [-0.3, -0.25) is 4.79 Å². The lowest BCUT2D eigenvalue weighted by atomic mass is 10.2. The highest BCUT2D eigenvalue weighted by molar-refractivity contribution is 6.04. The molecule has 1 aromatic heterocycles. The Morgan fingerprint density at radius 3 is 2.17 bits per heavy atom. The van der Waals surface area contributed by atoms with Gasteiger partial charge in [-0.25, -0.2) is 18.7 Å². The summed E-state index contributed by atoms with van der Waals surface area (Å²) >= 11 is 0. The van der Waals surface area contributed by atoms with Gasteiger partial charge in [-0.1, -0.05) is 18.2 Å². The molecule has 148 valence electrons. The minimum Gasteiger partial charge on any atom is -0.368 e. The topological polar surface area (TPSA) is 61.4 Å². The standard InChI is InChI=1S/C21H19F2N5O/c22-18-7-6-15(12-19(18)23)20(29)26-16-13-24-21(25-14-16)28-10-8-27(9-11-28)17-4-2-1-3-5-17/h1-7,12-14H,8-11H2,(H,26,29). The van der Waals surface area contributed by atoms with E-state index < -0.39 is 17.5 Å². The third-order valence-corrected chi connectivity index (χ3v) is 4.76. The second kappa shape index (κ2) is 8.22. The Balaban J connectivity index is 1.36. The normalized spacial score (nSPS) is 14.0. The highest BCUT2D eigenvalue weighted by atomic mass is 19.2. The zero-order chi connectivity index (χ0) is 20.2. The summed E-state index contributed by atoms with van der Waals surface area (Å²) in [4.78, 5) is 25.2. The van der Waals surface area contributed by atoms with Crippen LogP contribution in [0, 0.1) is 11.6 Å². The van der Waals surface area contributed by atoms with Crippen molar-refractivity contribution in [2.24, 2.45) is 0 Å². The molecule has 8 heteroatoms. The van der Waals surface area contributed by atoms with Crippen LogP contribution >= 0.6 is 0 Å². The molecule has 6 nitrogen and oxygen atoms in total. The van der Waals surface area contributed by atoms with Gasteiger partial charge < -0.3 is 15.1 Å². The fourth-order valence-corrected chi connectivity index (χ4v) is 3.19. The van der Waals surface area contributed by atoms with Crippen molar-refractivity contribution in [2.75, 3.05) is 41.3 Å². The molecule has 0 atom stereocenters. The molecule has 1 N–H and O–H groups in total. The number of nitrogens with one attached hydrogen (secondary N) is 1. The van der Waals surface area contributed by atoms with Crippen molar-refractivity contribution >= 4 is 23.2 Å². The van der Waals surface area contributed by atoms with E-state index in [9.17, 15) is 13.6 Å². The van der Waals surface area contributed by atoms with Gasteiger partial charge in [0.25, 0.3) is 5.91 Å². The smallest absolute Gasteiger partial charge is 0.255 e. The summed E-state index contributed by atoms with van der Waals surface area (Å²) in [7, 11) is 0. The van der Waals surface area contributed by atoms with Crippen molar-refractivity contribution in [3.05, 3.63) is 78.1 Å². The summed E-state index contributed by atoms with van der Waals surface area (Å²) in [5.74, 6) is -2.04. The van der Waals surface area contributed by atoms with Crippen LogP contribution in [0.25, 0.3) is 0 Å². The lowest BCUT2D eigenvalue weighted by Crippen LogP contribution is -2.47. The third-order valence-electron chi connectivity index (χ3n) is 4.76. The minimum absolute atomic E-state index is 0.0185. The number of hydrogen-bond acceptors (Lipinski definition) is 5. The Morgan fingerprint density at radius 1 is 0.862 bits per heavy atom. The Kier molecular flexibility index (Phi) is 5.33. The number of carbonyl (C=O) groups excluding carboxylic acids is 1. The molecule has 0 aliphatic carbocycles. The fraction of sp³-hybridized carbons (Fsp3) is 0.190. The minimum atomic E-state index is -1.07. The average Bonchev–Trinajstić information content (AvgIpc) is 2.77. The maximum Gasteiger partial charge on any atom is 0.255 e. The Hall–Kier alpha value is -3.55. The average molecular weight is 395 g/mol. The summed E-state index contributed by atoms with van der Waals surface area (Å²) in [5, 5.41) is 2.58. The number of para-hydroxylation sites is 1. The van der Waals surface area contributed by atoms with Gasteiger partial charge in [-0.15, -0.1) is 0 Å². The largest absolute Gasteiger partial charge is 0.368 e. The number of amides is 1. The maximum absolute atomic E-state index is 13.3. The zero-order valence-electron chi connectivity index (χ0n) is 15.6. The van der Waals surface area contributed by atoms with Crippen molar-refractivity contribution in [3.8, 4) is 0 Å². The predicted molar refractivity (Wildman–Crippen MR) is 107 cm³/mol. The van der Waals surface area contributed by atoms with Gasteiger partial charge in [0.05, 0.1) is 18.1 Å². The van der Waals surface area contributed by atoms with Crippen LogP contribution in [0.2, 0.25) is 0 Å². The number of hydrogen-bond donors (Lipinski definition) is 1. The molecule has 29 heavy (non-hydrogen) atoms. The van der Waals surface area contributed by atoms with E-state index in [2.05, 4.69) is 37.2 Å². The first-order chi connectivity index (χ1) is 14.1. The Labute approximate surface area is 166 Å². The van der Waals surface area contributed by atoms with E-state index in [1.54, 1.807) is 0 Å². The van der Waals surface area contributed by atoms with Crippen LogP contribution in [0.5, 0.6) is 0 Å². The molecular formula is C21H19F2N5O. The SMILES string of the molecule is O=C(Nc1cnc(N2CCN(c3ccccc3)CC2)nc1)c1ccc(F)c(F)c1. The number of aromatic nitrogens is 2. The molecule has 3 aromatic rings. The zero-order valence-corrected chi connectivity index (χ0v) is 15.6. The second-order valence-corrected chi connectivity index (χ2v) is 6.66. The fourth-order valence-electron chi connectivity index (χ4n) is 3.19. The summed E-state index contributed by atoms with van der Waals surface area (Å²) in [6.45, 7) is 3.30. The van der Waals surface area contributed by atoms with E-state index in [4.69, 9.17) is 0 Å². The van der Waals surface area contributed by atoms with E-state index in [-0.39, 0.29) is 5.56 Å². The molecule has 2 heterocycles. The first-order valence-corrected chi connectivity index (χ1v) is 9.23. The molecule has 0 saturated carbocycles. The van der Waals surface area contributed by atoms with Gasteiger partial charge in [0.2, 0.25) is 5.95 Å². The molecule has 0 unspecified atom stereocenters. The number of rotatable bonds is 4. The van der Waals surface area contributed by atoms with E-state index in [1.165, 1.54) is 24.1 Å². The molecule has 1 fully saturated rings. The van der Waals surface area contributed by atoms with Gasteiger partial charge >= 0.3 is 0 Å². The van der Waals surface area contributed by atoms with Gasteiger partial charge in [-0.05, 0) is 30.3 Å². The van der Waals surface area contributed by atoms with Crippen LogP contribution in [-0.2, 0) is 0 Å². The number of halogens is 2. The molecule has 1 saturated heterocycles. The third kappa shape index (κ3) is 4.31. The lowest BCUT2D eigenvalue weighted by Gasteiger charge is -2.36. The Morgan fingerprint density at radius 2 is 1.52 bits per heavy atom. The van der Waals surface area contributed by atoms with Crippen molar-refractivity contribution in [1.29, 1.82) is 0 Å². The van der Waals surface area contributed by atoms with Gasteiger partial charge in [0.1, 0.15) is 0 Å². The van der Waals surface area contributed by atoms with Crippen molar-refractivity contribution < 1.29 is 13.6 Å². The number of benzene rings is 2. The first kappa shape index (κ1) is 18.8. The predicted octanol–water partition coefficient (Wildman–Crippen LogP) is 3.33. The van der Waals surface area contributed by atoms with E-state index in [1.807, 2.05) is 18.2 Å². The van der Waals surface area contributed by atoms with Crippen molar-refractivity contribution in [3.63, 3.8) is 0 Å². The van der Waals surface area contributed by atoms with Crippen LogP contribution in [0.3, 0.4) is 0 Å². The molecular weight excluding hydrogens is 376 g/mol. The van der Waals surface area contributed by atoms with E-state index in [0.29, 0.717) is 11.6 Å². The van der Waals surface area contributed by atoms with Gasteiger partial charge in [0.15, 0.2) is 11.6 Å². The molecule has 0 radical (unpaired) electrons. The van der Waals surface area contributed by atoms with Gasteiger partial charge in [0, 0.05) is 37.4 Å². The van der Waals surface area contributed by atoms with E-state index in [0.717, 1.165) is 38.3 Å². The summed E-state index contributed by atoms with van der Waals surface area (Å²) in [6, 6.07) is 13.2. The van der Waals surface area contributed by atoms with Gasteiger partial charge in [-0.2, -0.15) is 0 Å². The molecule has 0 bridgehead atoms. The van der Waals surface area contributed by atoms with Crippen molar-refractivity contribution in [2.45, 2.75) is 0 Å². The number of piperazine rings is 1. The lowest BCUT2D eigenvalue weighted by molar-refractivity contribution is 0.102. The highest BCUT2D eigenvalue weighted by Gasteiger charge is 2.19. The number of anilines is 3. The second-order valence-electron chi connectivity index (χ2n) is 6.66. The first-order valence-electron chi connectivity index (χ1n) is 9.23. The van der Waals surface area contributed by atoms with Crippen LogP contribution in [0.1, 0.15) is 10.4 Å². The molecule has 0 spiro atoms.